The van der Waals surface area contributed by atoms with Crippen LogP contribution in [0.2, 0.25) is 10.0 Å². The number of non-ortho nitro benzene ring substituents is 1. The van der Waals surface area contributed by atoms with Crippen LogP contribution in [0.25, 0.3) is 0 Å². The summed E-state index contributed by atoms with van der Waals surface area (Å²) in [6.07, 6.45) is 2.81. The van der Waals surface area contributed by atoms with E-state index in [2.05, 4.69) is 5.32 Å². The summed E-state index contributed by atoms with van der Waals surface area (Å²) in [4.78, 5) is 38.8. The Bertz CT molecular complexity index is 1290. The fourth-order valence-corrected chi connectivity index (χ4v) is 5.05. The summed E-state index contributed by atoms with van der Waals surface area (Å²) in [7, 11) is -4.04. The molecule has 10 nitrogen and oxygen atoms in total. The van der Waals surface area contributed by atoms with Gasteiger partial charge in [0.1, 0.15) is 12.6 Å². The maximum absolute atomic E-state index is 13.7. The summed E-state index contributed by atoms with van der Waals surface area (Å²) in [6.45, 7) is 5.05. The second-order valence-corrected chi connectivity index (χ2v) is 11.6. The van der Waals surface area contributed by atoms with Crippen molar-refractivity contribution in [1.82, 2.24) is 10.2 Å². The van der Waals surface area contributed by atoms with E-state index in [9.17, 15) is 28.1 Å². The highest BCUT2D eigenvalue weighted by molar-refractivity contribution is 7.92. The zero-order chi connectivity index (χ0) is 28.6. The minimum atomic E-state index is -4.04. The summed E-state index contributed by atoms with van der Waals surface area (Å²) in [5, 5.41) is 14.8. The van der Waals surface area contributed by atoms with Crippen molar-refractivity contribution in [1.29, 1.82) is 0 Å². The lowest BCUT2D eigenvalue weighted by atomic mass is 10.1. The zero-order valence-corrected chi connectivity index (χ0v) is 24.1. The van der Waals surface area contributed by atoms with Gasteiger partial charge in [-0.15, -0.1) is 0 Å². The second kappa shape index (κ2) is 13.8. The molecule has 1 atom stereocenters. The van der Waals surface area contributed by atoms with Gasteiger partial charge in [0.05, 0.1) is 26.9 Å². The van der Waals surface area contributed by atoms with Gasteiger partial charge in [-0.3, -0.25) is 24.0 Å². The van der Waals surface area contributed by atoms with E-state index < -0.39 is 33.4 Å². The molecule has 0 spiro atoms. The molecule has 0 radical (unpaired) electrons. The number of carbonyl (C=O) groups excluding carboxylic acids is 2. The van der Waals surface area contributed by atoms with Crippen LogP contribution in [0.5, 0.6) is 0 Å². The summed E-state index contributed by atoms with van der Waals surface area (Å²) in [5.74, 6) is -1.03. The average Bonchev–Trinajstić information content (AvgIpc) is 2.84. The van der Waals surface area contributed by atoms with E-state index in [1.54, 1.807) is 32.0 Å². The monoisotopic (exact) mass is 586 g/mol. The van der Waals surface area contributed by atoms with Crippen LogP contribution in [0.15, 0.2) is 36.4 Å². The van der Waals surface area contributed by atoms with E-state index in [4.69, 9.17) is 23.2 Å². The largest absolute Gasteiger partial charge is 0.354 e. The van der Waals surface area contributed by atoms with Crippen LogP contribution in [0.4, 0.5) is 11.4 Å². The minimum Gasteiger partial charge on any atom is -0.354 e. The number of unbranched alkanes of at least 4 members (excludes halogenated alkanes) is 1. The minimum absolute atomic E-state index is 0.00461. The van der Waals surface area contributed by atoms with Gasteiger partial charge in [0.2, 0.25) is 21.8 Å². The molecule has 2 aromatic carbocycles. The van der Waals surface area contributed by atoms with Gasteiger partial charge in [0.15, 0.2) is 0 Å². The Morgan fingerprint density at radius 2 is 1.79 bits per heavy atom. The van der Waals surface area contributed by atoms with Crippen molar-refractivity contribution in [3.05, 3.63) is 67.7 Å². The molecule has 0 aromatic heterocycles. The van der Waals surface area contributed by atoms with Gasteiger partial charge in [0.25, 0.3) is 5.69 Å². The Hall–Kier alpha value is -2.89. The molecule has 0 saturated carbocycles. The summed E-state index contributed by atoms with van der Waals surface area (Å²) < 4.78 is 26.4. The van der Waals surface area contributed by atoms with Crippen LogP contribution in [0.3, 0.4) is 0 Å². The Morgan fingerprint density at radius 1 is 1.11 bits per heavy atom. The second-order valence-electron chi connectivity index (χ2n) is 8.84. The lowest BCUT2D eigenvalue weighted by Crippen LogP contribution is -2.52. The number of benzene rings is 2. The van der Waals surface area contributed by atoms with E-state index in [0.717, 1.165) is 29.5 Å². The molecule has 0 heterocycles. The fourth-order valence-electron chi connectivity index (χ4n) is 3.84. The number of carbonyl (C=O) groups is 2. The quantitative estimate of drug-likeness (QED) is 0.206. The lowest BCUT2D eigenvalue weighted by molar-refractivity contribution is -0.384. The molecule has 0 unspecified atom stereocenters. The summed E-state index contributed by atoms with van der Waals surface area (Å²) in [6, 6.07) is 7.69. The van der Waals surface area contributed by atoms with E-state index in [0.29, 0.717) is 22.7 Å². The molecule has 0 saturated heterocycles. The summed E-state index contributed by atoms with van der Waals surface area (Å²) in [5.41, 5.74) is 0.699. The fraction of sp³-hybridized carbons (Fsp3) is 0.440. The van der Waals surface area contributed by atoms with Gasteiger partial charge in [-0.05, 0) is 43.0 Å². The number of hydrogen-bond acceptors (Lipinski definition) is 6. The predicted octanol–water partition coefficient (Wildman–Crippen LogP) is 4.70. The molecular formula is C25H32Cl2N4O6S. The first kappa shape index (κ1) is 31.3. The number of nitrogens with zero attached hydrogens (tertiary/aromatic N) is 3. The van der Waals surface area contributed by atoms with Crippen molar-refractivity contribution in [3.63, 3.8) is 0 Å². The Morgan fingerprint density at radius 3 is 2.34 bits per heavy atom. The number of aryl methyl sites for hydroxylation is 1. The van der Waals surface area contributed by atoms with Gasteiger partial charge in [-0.25, -0.2) is 8.42 Å². The molecule has 0 aliphatic carbocycles. The normalized spacial score (nSPS) is 12.1. The molecule has 208 valence electrons. The predicted molar refractivity (Wildman–Crippen MR) is 149 cm³/mol. The molecule has 38 heavy (non-hydrogen) atoms. The number of rotatable bonds is 13. The molecule has 13 heteroatoms. The highest BCUT2D eigenvalue weighted by Crippen LogP contribution is 2.28. The van der Waals surface area contributed by atoms with Crippen molar-refractivity contribution < 1.29 is 22.9 Å². The molecule has 2 amide bonds. The van der Waals surface area contributed by atoms with Gasteiger partial charge >= 0.3 is 0 Å². The third-order valence-corrected chi connectivity index (χ3v) is 7.77. The smallest absolute Gasteiger partial charge is 0.271 e. The van der Waals surface area contributed by atoms with Gasteiger partial charge < -0.3 is 10.2 Å². The van der Waals surface area contributed by atoms with Gasteiger partial charge in [0, 0.05) is 25.2 Å². The Kier molecular flexibility index (Phi) is 11.4. The number of nitrogens with one attached hydrogen (secondary N) is 1. The molecule has 1 N–H and O–H groups in total. The highest BCUT2D eigenvalue weighted by atomic mass is 35.5. The van der Waals surface area contributed by atoms with Crippen molar-refractivity contribution in [2.45, 2.75) is 52.6 Å². The number of sulfonamides is 1. The third kappa shape index (κ3) is 8.31. The molecule has 2 rings (SSSR count). The van der Waals surface area contributed by atoms with E-state index in [1.165, 1.54) is 17.0 Å². The standard InChI is InChI=1S/C25H32Cl2N4O6S/c1-5-7-12-28-25(33)22(6-2)29(15-18-9-11-20(26)21(27)13-18)24(32)16-30(38(4,36)37)23-14-19(31(34)35)10-8-17(23)3/h8-11,13-14,22H,5-7,12,15-16H2,1-4H3,(H,28,33)/t22-/m1/s1. The van der Waals surface area contributed by atoms with E-state index in [-0.39, 0.29) is 35.3 Å². The first-order valence-electron chi connectivity index (χ1n) is 12.0. The Balaban J connectivity index is 2.52. The van der Waals surface area contributed by atoms with Crippen molar-refractivity contribution >= 4 is 56.4 Å². The van der Waals surface area contributed by atoms with Gasteiger partial charge in [-0.2, -0.15) is 0 Å². The summed E-state index contributed by atoms with van der Waals surface area (Å²) >= 11 is 12.2. The van der Waals surface area contributed by atoms with Gasteiger partial charge in [-0.1, -0.05) is 55.6 Å². The SMILES string of the molecule is CCCCNC(=O)[C@@H](CC)N(Cc1ccc(Cl)c(Cl)c1)C(=O)CN(c1cc([N+](=O)[O-])ccc1C)S(C)(=O)=O. The maximum Gasteiger partial charge on any atom is 0.271 e. The van der Waals surface area contributed by atoms with Crippen LogP contribution in [0.1, 0.15) is 44.2 Å². The molecule has 0 aliphatic rings. The van der Waals surface area contributed by atoms with E-state index >= 15 is 0 Å². The number of amides is 2. The maximum atomic E-state index is 13.7. The van der Waals surface area contributed by atoms with Crippen LogP contribution in [-0.2, 0) is 26.2 Å². The highest BCUT2D eigenvalue weighted by Gasteiger charge is 2.32. The molecule has 0 bridgehead atoms. The number of nitro groups is 1. The Labute approximate surface area is 233 Å². The zero-order valence-electron chi connectivity index (χ0n) is 21.7. The molecule has 0 fully saturated rings. The topological polar surface area (TPSA) is 130 Å². The molecule has 2 aromatic rings. The third-order valence-electron chi connectivity index (χ3n) is 5.90. The molecule has 0 aliphatic heterocycles. The number of hydrogen-bond donors (Lipinski definition) is 1. The van der Waals surface area contributed by atoms with Crippen LogP contribution in [-0.4, -0.2) is 55.4 Å². The van der Waals surface area contributed by atoms with Crippen molar-refractivity contribution in [2.24, 2.45) is 0 Å². The van der Waals surface area contributed by atoms with E-state index in [1.807, 2.05) is 6.92 Å². The van der Waals surface area contributed by atoms with Crippen LogP contribution < -0.4 is 9.62 Å². The van der Waals surface area contributed by atoms with Crippen LogP contribution >= 0.6 is 23.2 Å². The lowest BCUT2D eigenvalue weighted by Gasteiger charge is -2.33. The van der Waals surface area contributed by atoms with Crippen molar-refractivity contribution in [3.8, 4) is 0 Å². The van der Waals surface area contributed by atoms with Crippen LogP contribution in [0, 0.1) is 17.0 Å². The number of halogens is 2. The first-order chi connectivity index (χ1) is 17.8. The first-order valence-corrected chi connectivity index (χ1v) is 14.6. The number of anilines is 1. The molecular weight excluding hydrogens is 555 g/mol. The average molecular weight is 588 g/mol. The van der Waals surface area contributed by atoms with Crippen molar-refractivity contribution in [2.75, 3.05) is 23.7 Å². The number of nitro benzene ring substituents is 1.